The molecule has 0 aromatic heterocycles. The van der Waals surface area contributed by atoms with E-state index >= 15 is 0 Å². The van der Waals surface area contributed by atoms with E-state index < -0.39 is 0 Å². The number of benzene rings is 1. The Labute approximate surface area is 117 Å². The number of rotatable bonds is 4. The van der Waals surface area contributed by atoms with E-state index in [4.69, 9.17) is 4.74 Å². The smallest absolute Gasteiger partial charge is 0.262 e. The van der Waals surface area contributed by atoms with Gasteiger partial charge in [-0.05, 0) is 19.2 Å². The van der Waals surface area contributed by atoms with Crippen LogP contribution in [0.2, 0.25) is 0 Å². The molecule has 104 valence electrons. The van der Waals surface area contributed by atoms with Crippen molar-refractivity contribution in [3.8, 4) is 5.75 Å². The van der Waals surface area contributed by atoms with Gasteiger partial charge in [-0.25, -0.2) is 0 Å². The summed E-state index contributed by atoms with van der Waals surface area (Å²) < 4.78 is 5.26. The van der Waals surface area contributed by atoms with Gasteiger partial charge in [-0.1, -0.05) is 0 Å². The summed E-state index contributed by atoms with van der Waals surface area (Å²) in [6.45, 7) is 0.632. The maximum absolute atomic E-state index is 11.5. The highest BCUT2D eigenvalue weighted by molar-refractivity contribution is 5.97. The first-order chi connectivity index (χ1) is 8.69. The van der Waals surface area contributed by atoms with Crippen LogP contribution >= 0.6 is 12.4 Å². The van der Waals surface area contributed by atoms with Crippen molar-refractivity contribution in [2.45, 2.75) is 6.42 Å². The summed E-state index contributed by atoms with van der Waals surface area (Å²) in [5.41, 5.74) is 1.28. The van der Waals surface area contributed by atoms with Crippen molar-refractivity contribution in [1.29, 1.82) is 0 Å². The molecule has 0 radical (unpaired) electrons. The van der Waals surface area contributed by atoms with Crippen LogP contribution in [0.4, 0.5) is 11.4 Å². The maximum atomic E-state index is 11.5. The fourth-order valence-electron chi connectivity index (χ4n) is 1.61. The van der Waals surface area contributed by atoms with Crippen molar-refractivity contribution in [2.24, 2.45) is 0 Å². The van der Waals surface area contributed by atoms with E-state index in [1.165, 1.54) is 0 Å². The van der Waals surface area contributed by atoms with Gasteiger partial charge in [-0.15, -0.1) is 12.4 Å². The van der Waals surface area contributed by atoms with E-state index in [1.54, 1.807) is 25.2 Å². The molecule has 0 saturated carbocycles. The third-order valence-electron chi connectivity index (χ3n) is 2.50. The molecule has 19 heavy (non-hydrogen) atoms. The Morgan fingerprint density at radius 3 is 3.00 bits per heavy atom. The van der Waals surface area contributed by atoms with Crippen LogP contribution in [0, 0.1) is 0 Å². The molecule has 1 aromatic carbocycles. The molecule has 0 saturated heterocycles. The molecule has 2 amide bonds. The summed E-state index contributed by atoms with van der Waals surface area (Å²) in [6, 6.07) is 5.14. The molecule has 2 rings (SSSR count). The van der Waals surface area contributed by atoms with Gasteiger partial charge in [-0.2, -0.15) is 0 Å². The molecule has 1 aliphatic heterocycles. The molecule has 0 fully saturated rings. The van der Waals surface area contributed by atoms with E-state index in [-0.39, 0.29) is 30.8 Å². The Bertz CT molecular complexity index is 479. The molecule has 0 spiro atoms. The number of hydrogen-bond donors (Lipinski definition) is 3. The molecule has 0 aliphatic carbocycles. The van der Waals surface area contributed by atoms with Crippen molar-refractivity contribution in [2.75, 3.05) is 30.8 Å². The molecule has 0 bridgehead atoms. The van der Waals surface area contributed by atoms with Gasteiger partial charge in [0.2, 0.25) is 5.91 Å². The summed E-state index contributed by atoms with van der Waals surface area (Å²) in [7, 11) is 1.79. The molecular formula is C12H16ClN3O3. The molecule has 3 N–H and O–H groups in total. The van der Waals surface area contributed by atoms with Crippen LogP contribution < -0.4 is 20.7 Å². The van der Waals surface area contributed by atoms with Crippen LogP contribution in [-0.4, -0.2) is 32.0 Å². The number of nitrogens with one attached hydrogen (secondary N) is 3. The Hall–Kier alpha value is -1.79. The van der Waals surface area contributed by atoms with E-state index in [2.05, 4.69) is 16.0 Å². The molecule has 0 unspecified atom stereocenters. The van der Waals surface area contributed by atoms with E-state index in [9.17, 15) is 9.59 Å². The van der Waals surface area contributed by atoms with E-state index in [0.29, 0.717) is 30.1 Å². The van der Waals surface area contributed by atoms with Crippen LogP contribution in [0.5, 0.6) is 5.75 Å². The van der Waals surface area contributed by atoms with Gasteiger partial charge in [0, 0.05) is 24.7 Å². The van der Waals surface area contributed by atoms with Crippen molar-refractivity contribution in [3.63, 3.8) is 0 Å². The van der Waals surface area contributed by atoms with Crippen molar-refractivity contribution >= 4 is 35.6 Å². The van der Waals surface area contributed by atoms with Crippen LogP contribution in [0.3, 0.4) is 0 Å². The number of carbonyl (C=O) groups excluding carboxylic acids is 2. The van der Waals surface area contributed by atoms with E-state index in [1.807, 2.05) is 0 Å². The second-order valence-corrected chi connectivity index (χ2v) is 3.95. The van der Waals surface area contributed by atoms with Crippen LogP contribution in [0.15, 0.2) is 18.2 Å². The van der Waals surface area contributed by atoms with Gasteiger partial charge in [0.1, 0.15) is 5.75 Å². The van der Waals surface area contributed by atoms with Gasteiger partial charge in [0.05, 0.1) is 5.69 Å². The summed E-state index contributed by atoms with van der Waals surface area (Å²) >= 11 is 0. The highest BCUT2D eigenvalue weighted by Gasteiger charge is 2.16. The minimum absolute atomic E-state index is 0. The molecule has 1 aliphatic rings. The first-order valence-electron chi connectivity index (χ1n) is 5.70. The monoisotopic (exact) mass is 285 g/mol. The van der Waals surface area contributed by atoms with Gasteiger partial charge in [0.15, 0.2) is 6.61 Å². The zero-order valence-corrected chi connectivity index (χ0v) is 11.3. The number of carbonyl (C=O) groups is 2. The molecule has 6 nitrogen and oxygen atoms in total. The van der Waals surface area contributed by atoms with E-state index in [0.717, 1.165) is 0 Å². The Kier molecular flexibility index (Phi) is 5.59. The Morgan fingerprint density at radius 2 is 2.26 bits per heavy atom. The van der Waals surface area contributed by atoms with Crippen LogP contribution in [0.1, 0.15) is 6.42 Å². The topological polar surface area (TPSA) is 79.5 Å². The lowest BCUT2D eigenvalue weighted by Crippen LogP contribution is -2.25. The fraction of sp³-hybridized carbons (Fsp3) is 0.333. The SMILES string of the molecule is CNCCC(=O)Nc1ccc2c(c1)OCC(=O)N2.Cl. The average molecular weight is 286 g/mol. The highest BCUT2D eigenvalue weighted by atomic mass is 35.5. The minimum atomic E-state index is -0.173. The van der Waals surface area contributed by atoms with Gasteiger partial charge in [0.25, 0.3) is 5.91 Å². The largest absolute Gasteiger partial charge is 0.482 e. The normalized spacial score (nSPS) is 12.6. The van der Waals surface area contributed by atoms with Gasteiger partial charge in [-0.3, -0.25) is 9.59 Å². The zero-order valence-electron chi connectivity index (χ0n) is 10.5. The van der Waals surface area contributed by atoms with Gasteiger partial charge >= 0.3 is 0 Å². The summed E-state index contributed by atoms with van der Waals surface area (Å²) in [4.78, 5) is 22.6. The van der Waals surface area contributed by atoms with Gasteiger partial charge < -0.3 is 20.7 Å². The predicted octanol–water partition coefficient (Wildman–Crippen LogP) is 0.987. The predicted molar refractivity (Wildman–Crippen MR) is 75.0 cm³/mol. The number of amides is 2. The molecule has 1 aromatic rings. The summed E-state index contributed by atoms with van der Waals surface area (Å²) in [5, 5.41) is 8.36. The lowest BCUT2D eigenvalue weighted by molar-refractivity contribution is -0.118. The first-order valence-corrected chi connectivity index (χ1v) is 5.70. The quantitative estimate of drug-likeness (QED) is 0.771. The second kappa shape index (κ2) is 6.96. The number of halogens is 1. The first kappa shape index (κ1) is 15.3. The lowest BCUT2D eigenvalue weighted by Gasteiger charge is -2.18. The third kappa shape index (κ3) is 4.11. The molecular weight excluding hydrogens is 270 g/mol. The summed E-state index contributed by atoms with van der Waals surface area (Å²) in [5.74, 6) is 0.332. The van der Waals surface area contributed by atoms with Crippen molar-refractivity contribution < 1.29 is 14.3 Å². The fourth-order valence-corrected chi connectivity index (χ4v) is 1.61. The second-order valence-electron chi connectivity index (χ2n) is 3.95. The number of fused-ring (bicyclic) bond motifs is 1. The number of ether oxygens (including phenoxy) is 1. The average Bonchev–Trinajstić information content (AvgIpc) is 2.36. The maximum Gasteiger partial charge on any atom is 0.262 e. The molecule has 1 heterocycles. The minimum Gasteiger partial charge on any atom is -0.482 e. The highest BCUT2D eigenvalue weighted by Crippen LogP contribution is 2.30. The third-order valence-corrected chi connectivity index (χ3v) is 2.50. The van der Waals surface area contributed by atoms with Crippen LogP contribution in [-0.2, 0) is 9.59 Å². The van der Waals surface area contributed by atoms with Crippen molar-refractivity contribution in [1.82, 2.24) is 5.32 Å². The molecule has 7 heteroatoms. The Balaban J connectivity index is 0.00000180. The molecule has 0 atom stereocenters. The standard InChI is InChI=1S/C12H15N3O3.ClH/c1-13-5-4-11(16)14-8-2-3-9-10(6-8)18-7-12(17)15-9;/h2-3,6,13H,4-5,7H2,1H3,(H,14,16)(H,15,17);1H. The van der Waals surface area contributed by atoms with Crippen molar-refractivity contribution in [3.05, 3.63) is 18.2 Å². The Morgan fingerprint density at radius 1 is 1.47 bits per heavy atom. The summed E-state index contributed by atoms with van der Waals surface area (Å²) in [6.07, 6.45) is 0.408. The lowest BCUT2D eigenvalue weighted by atomic mass is 10.2. The zero-order chi connectivity index (χ0) is 13.0. The van der Waals surface area contributed by atoms with Crippen LogP contribution in [0.25, 0.3) is 0 Å². The number of anilines is 2. The number of hydrogen-bond acceptors (Lipinski definition) is 4.